The first kappa shape index (κ1) is 25.0. The van der Waals surface area contributed by atoms with Crippen molar-refractivity contribution in [2.45, 2.75) is 23.2 Å². The Kier molecular flexibility index (Phi) is 7.25. The van der Waals surface area contributed by atoms with Gasteiger partial charge in [0.2, 0.25) is 6.79 Å². The molecule has 2 aliphatic rings. The number of carbonyl (C=O) groups excluding carboxylic acids is 2. The largest absolute Gasteiger partial charge is 0.457 e. The number of likely N-dealkylation sites (N-methyl/N-ethyl adjacent to an activating group) is 1. The van der Waals surface area contributed by atoms with Crippen LogP contribution in [0.15, 0.2) is 71.6 Å². The quantitative estimate of drug-likeness (QED) is 0.408. The van der Waals surface area contributed by atoms with Crippen molar-refractivity contribution in [1.29, 1.82) is 0 Å². The molecule has 0 fully saturated rings. The highest BCUT2D eigenvalue weighted by Crippen LogP contribution is 2.49. The zero-order valence-electron chi connectivity index (χ0n) is 20.9. The van der Waals surface area contributed by atoms with Gasteiger partial charge in [-0.15, -0.1) is 11.8 Å². The summed E-state index contributed by atoms with van der Waals surface area (Å²) in [6.45, 7) is 2.54. The minimum Gasteiger partial charge on any atom is -0.457 e. The summed E-state index contributed by atoms with van der Waals surface area (Å²) in [5.41, 5.74) is 1.54. The fourth-order valence-electron chi connectivity index (χ4n) is 4.25. The van der Waals surface area contributed by atoms with Crippen molar-refractivity contribution in [1.82, 2.24) is 4.90 Å². The first-order chi connectivity index (χ1) is 17.9. The Labute approximate surface area is 220 Å². The third-order valence-electron chi connectivity index (χ3n) is 6.03. The molecule has 3 aromatic rings. The Balaban J connectivity index is 1.58. The van der Waals surface area contributed by atoms with Gasteiger partial charge in [0.15, 0.2) is 17.6 Å². The zero-order chi connectivity index (χ0) is 25.9. The van der Waals surface area contributed by atoms with Crippen LogP contribution in [0.1, 0.15) is 17.7 Å². The Morgan fingerprint density at radius 3 is 2.57 bits per heavy atom. The van der Waals surface area contributed by atoms with Crippen LogP contribution in [-0.2, 0) is 14.3 Å². The van der Waals surface area contributed by atoms with Crippen molar-refractivity contribution in [3.05, 3.63) is 72.3 Å². The maximum Gasteiger partial charge on any atom is 0.303 e. The molecule has 9 heteroatoms. The molecule has 2 heterocycles. The third kappa shape index (κ3) is 5.52. The molecule has 0 N–H and O–H groups in total. The van der Waals surface area contributed by atoms with Gasteiger partial charge < -0.3 is 28.7 Å². The molecule has 192 valence electrons. The van der Waals surface area contributed by atoms with Gasteiger partial charge in [0.25, 0.3) is 5.91 Å². The fraction of sp³-hybridized carbons (Fsp3) is 0.286. The van der Waals surface area contributed by atoms with E-state index in [9.17, 15) is 9.59 Å². The summed E-state index contributed by atoms with van der Waals surface area (Å²) in [5, 5.41) is -0.513. The van der Waals surface area contributed by atoms with Gasteiger partial charge in [-0.25, -0.2) is 0 Å². The lowest BCUT2D eigenvalue weighted by molar-refractivity contribution is -0.152. The van der Waals surface area contributed by atoms with Crippen LogP contribution in [0.25, 0.3) is 0 Å². The van der Waals surface area contributed by atoms with Crippen LogP contribution in [0.2, 0.25) is 0 Å². The maximum atomic E-state index is 14.0. The number of ether oxygens (including phenoxy) is 4. The number of thioether (sulfide) groups is 1. The van der Waals surface area contributed by atoms with Crippen LogP contribution in [0.4, 0.5) is 5.69 Å². The van der Waals surface area contributed by atoms with Crippen LogP contribution in [0.5, 0.6) is 23.0 Å². The molecule has 37 heavy (non-hydrogen) atoms. The number of anilines is 1. The lowest BCUT2D eigenvalue weighted by Gasteiger charge is -2.28. The van der Waals surface area contributed by atoms with Crippen LogP contribution in [0.3, 0.4) is 0 Å². The van der Waals surface area contributed by atoms with Crippen molar-refractivity contribution in [2.24, 2.45) is 0 Å². The molecule has 1 amide bonds. The van der Waals surface area contributed by atoms with E-state index < -0.39 is 17.3 Å². The molecule has 0 bridgehead atoms. The normalized spacial score (nSPS) is 18.4. The molecule has 0 aromatic heterocycles. The molecule has 0 radical (unpaired) electrons. The second-order valence-corrected chi connectivity index (χ2v) is 10.2. The minimum atomic E-state index is -1.03. The van der Waals surface area contributed by atoms with Crippen molar-refractivity contribution < 1.29 is 28.5 Å². The molecule has 5 rings (SSSR count). The van der Waals surface area contributed by atoms with E-state index in [1.54, 1.807) is 4.90 Å². The molecule has 0 saturated heterocycles. The highest BCUT2D eigenvalue weighted by molar-refractivity contribution is 7.99. The topological polar surface area (TPSA) is 77.5 Å². The summed E-state index contributed by atoms with van der Waals surface area (Å²) < 4.78 is 22.8. The summed E-state index contributed by atoms with van der Waals surface area (Å²) in [4.78, 5) is 30.7. The summed E-state index contributed by atoms with van der Waals surface area (Å²) in [7, 11) is 3.90. The van der Waals surface area contributed by atoms with Gasteiger partial charge in [0.05, 0.1) is 10.9 Å². The number of fused-ring (bicyclic) bond motifs is 2. The molecular weight excluding hydrogens is 492 g/mol. The van der Waals surface area contributed by atoms with E-state index in [4.69, 9.17) is 18.9 Å². The van der Waals surface area contributed by atoms with Gasteiger partial charge in [-0.2, -0.15) is 0 Å². The highest BCUT2D eigenvalue weighted by Gasteiger charge is 2.41. The second-order valence-electron chi connectivity index (χ2n) is 9.02. The van der Waals surface area contributed by atoms with E-state index in [0.29, 0.717) is 36.1 Å². The number of esters is 1. The second kappa shape index (κ2) is 10.7. The predicted octanol–water partition coefficient (Wildman–Crippen LogP) is 4.88. The summed E-state index contributed by atoms with van der Waals surface area (Å²) in [5.74, 6) is 1.81. The maximum absolute atomic E-state index is 14.0. The van der Waals surface area contributed by atoms with Crippen LogP contribution >= 0.6 is 11.8 Å². The molecule has 0 spiro atoms. The number of nitrogens with zero attached hydrogens (tertiary/aromatic N) is 2. The number of hydrogen-bond donors (Lipinski definition) is 0. The number of para-hydroxylation sites is 1. The third-order valence-corrected chi connectivity index (χ3v) is 7.38. The van der Waals surface area contributed by atoms with Crippen molar-refractivity contribution in [3.8, 4) is 23.0 Å². The van der Waals surface area contributed by atoms with Gasteiger partial charge in [-0.05, 0) is 62.1 Å². The smallest absolute Gasteiger partial charge is 0.303 e. The van der Waals surface area contributed by atoms with Crippen molar-refractivity contribution >= 4 is 29.3 Å². The van der Waals surface area contributed by atoms with Crippen LogP contribution < -0.4 is 19.1 Å². The van der Waals surface area contributed by atoms with Gasteiger partial charge >= 0.3 is 5.97 Å². The molecule has 8 nitrogen and oxygen atoms in total. The number of carbonyl (C=O) groups is 2. The zero-order valence-corrected chi connectivity index (χ0v) is 21.7. The van der Waals surface area contributed by atoms with E-state index in [1.165, 1.54) is 18.7 Å². The Bertz CT molecular complexity index is 1300. The van der Waals surface area contributed by atoms with E-state index in [2.05, 4.69) is 0 Å². The van der Waals surface area contributed by atoms with Gasteiger partial charge in [0, 0.05) is 24.9 Å². The van der Waals surface area contributed by atoms with Crippen LogP contribution in [-0.4, -0.2) is 56.9 Å². The number of hydrogen-bond acceptors (Lipinski definition) is 8. The standard InChI is InChI=1S/C28H28N2O6S/c1-18(31)35-26-27(19-9-12-23-24(15-19)34-17-33-23)37-25-16-21(36-20-7-5-4-6-8-20)10-11-22(25)30(28(26)32)14-13-29(2)3/h4-12,15-16,26-27H,13-14,17H2,1-3H3/t26-,27+/m1/s1. The molecule has 0 saturated carbocycles. The van der Waals surface area contributed by atoms with E-state index in [0.717, 1.165) is 16.1 Å². The summed E-state index contributed by atoms with van der Waals surface area (Å²) in [6.07, 6.45) is -1.03. The predicted molar refractivity (Wildman–Crippen MR) is 141 cm³/mol. The molecule has 3 aromatic carbocycles. The van der Waals surface area contributed by atoms with E-state index >= 15 is 0 Å². The lowest BCUT2D eigenvalue weighted by Crippen LogP contribution is -2.45. The minimum absolute atomic E-state index is 0.143. The van der Waals surface area contributed by atoms with Gasteiger partial charge in [-0.3, -0.25) is 9.59 Å². The Hall–Kier alpha value is -3.69. The number of benzene rings is 3. The van der Waals surface area contributed by atoms with Crippen molar-refractivity contribution in [3.63, 3.8) is 0 Å². The number of rotatable bonds is 7. The lowest BCUT2D eigenvalue weighted by atomic mass is 10.0. The first-order valence-electron chi connectivity index (χ1n) is 12.0. The SMILES string of the molecule is CC(=O)O[C@H]1C(=O)N(CCN(C)C)c2ccc(Oc3ccccc3)cc2S[C@H]1c1ccc2c(c1)OCO2. The van der Waals surface area contributed by atoms with Crippen molar-refractivity contribution in [2.75, 3.05) is 38.9 Å². The Morgan fingerprint density at radius 1 is 1.03 bits per heavy atom. The first-order valence-corrected chi connectivity index (χ1v) is 12.8. The molecule has 2 atom stereocenters. The molecule has 0 unspecified atom stereocenters. The Morgan fingerprint density at radius 2 is 1.81 bits per heavy atom. The van der Waals surface area contributed by atoms with Gasteiger partial charge in [0.1, 0.15) is 11.5 Å². The molecule has 0 aliphatic carbocycles. The monoisotopic (exact) mass is 520 g/mol. The number of amides is 1. The van der Waals surface area contributed by atoms with Crippen LogP contribution in [0, 0.1) is 0 Å². The fourth-order valence-corrected chi connectivity index (χ4v) is 5.59. The molecular formula is C28H28N2O6S. The highest BCUT2D eigenvalue weighted by atomic mass is 32.2. The van der Waals surface area contributed by atoms with E-state index in [-0.39, 0.29) is 12.7 Å². The summed E-state index contributed by atoms with van der Waals surface area (Å²) in [6, 6.07) is 20.7. The molecule has 2 aliphatic heterocycles. The summed E-state index contributed by atoms with van der Waals surface area (Å²) >= 11 is 1.46. The average Bonchev–Trinajstić information content (AvgIpc) is 3.31. The van der Waals surface area contributed by atoms with E-state index in [1.807, 2.05) is 85.7 Å². The van der Waals surface area contributed by atoms with Gasteiger partial charge in [-0.1, -0.05) is 24.3 Å². The average molecular weight is 521 g/mol.